The van der Waals surface area contributed by atoms with Gasteiger partial charge in [0.1, 0.15) is 0 Å². The van der Waals surface area contributed by atoms with Crippen LogP contribution in [0.4, 0.5) is 0 Å². The maximum atomic E-state index is 12.8. The third kappa shape index (κ3) is 4.34. The van der Waals surface area contributed by atoms with E-state index < -0.39 is 0 Å². The van der Waals surface area contributed by atoms with Gasteiger partial charge in [-0.3, -0.25) is 4.79 Å². The van der Waals surface area contributed by atoms with E-state index in [2.05, 4.69) is 5.32 Å². The summed E-state index contributed by atoms with van der Waals surface area (Å²) >= 11 is 0. The van der Waals surface area contributed by atoms with Gasteiger partial charge in [0, 0.05) is 5.56 Å². The Balaban J connectivity index is 1.79. The summed E-state index contributed by atoms with van der Waals surface area (Å²) in [7, 11) is 0. The van der Waals surface area contributed by atoms with Crippen molar-refractivity contribution in [1.82, 2.24) is 5.32 Å². The molecular formula is C22H21NO2. The summed E-state index contributed by atoms with van der Waals surface area (Å²) in [5.74, 6) is -0.172. The molecule has 2 N–H and O–H groups in total. The van der Waals surface area contributed by atoms with Crippen molar-refractivity contribution in [2.45, 2.75) is 12.5 Å². The van der Waals surface area contributed by atoms with Crippen molar-refractivity contribution >= 4 is 5.91 Å². The molecule has 3 nitrogen and oxygen atoms in total. The zero-order valence-electron chi connectivity index (χ0n) is 13.9. The summed E-state index contributed by atoms with van der Waals surface area (Å²) in [6.45, 7) is -0.103. The zero-order chi connectivity index (χ0) is 17.5. The number of nitrogens with one attached hydrogen (secondary N) is 1. The summed E-state index contributed by atoms with van der Waals surface area (Å²) in [6.07, 6.45) is 0.594. The first-order valence-corrected chi connectivity index (χ1v) is 8.38. The van der Waals surface area contributed by atoms with Gasteiger partial charge < -0.3 is 10.4 Å². The Bertz CT molecular complexity index is 816. The second-order valence-electron chi connectivity index (χ2n) is 5.95. The van der Waals surface area contributed by atoms with Crippen LogP contribution in [0.3, 0.4) is 0 Å². The third-order valence-electron chi connectivity index (χ3n) is 4.14. The number of benzene rings is 3. The van der Waals surface area contributed by atoms with Gasteiger partial charge >= 0.3 is 0 Å². The van der Waals surface area contributed by atoms with Crippen LogP contribution < -0.4 is 5.32 Å². The fourth-order valence-electron chi connectivity index (χ4n) is 2.87. The molecule has 0 saturated heterocycles. The smallest absolute Gasteiger partial charge is 0.252 e. The second kappa shape index (κ2) is 8.27. The van der Waals surface area contributed by atoms with Crippen molar-refractivity contribution in [2.24, 2.45) is 0 Å². The van der Waals surface area contributed by atoms with E-state index in [0.29, 0.717) is 12.0 Å². The molecule has 3 rings (SSSR count). The standard InChI is InChI=1S/C22H21NO2/c24-16-19(15-17-9-3-1-4-10-17)23-22(25)21-14-8-7-13-20(21)18-11-5-2-6-12-18/h1-14,19,24H,15-16H2,(H,23,25). The van der Waals surface area contributed by atoms with Gasteiger partial charge in [0.15, 0.2) is 0 Å². The summed E-state index contributed by atoms with van der Waals surface area (Å²) in [5, 5.41) is 12.6. The van der Waals surface area contributed by atoms with Gasteiger partial charge in [-0.25, -0.2) is 0 Å². The third-order valence-corrected chi connectivity index (χ3v) is 4.14. The Morgan fingerprint density at radius 3 is 2.12 bits per heavy atom. The topological polar surface area (TPSA) is 49.3 Å². The molecule has 0 aliphatic rings. The Morgan fingerprint density at radius 1 is 0.840 bits per heavy atom. The van der Waals surface area contributed by atoms with Crippen molar-refractivity contribution in [2.75, 3.05) is 6.61 Å². The summed E-state index contributed by atoms with van der Waals surface area (Å²) in [6, 6.07) is 26.9. The van der Waals surface area contributed by atoms with E-state index in [-0.39, 0.29) is 18.6 Å². The van der Waals surface area contributed by atoms with Crippen LogP contribution in [0.25, 0.3) is 11.1 Å². The molecule has 25 heavy (non-hydrogen) atoms. The fraction of sp³-hybridized carbons (Fsp3) is 0.136. The highest BCUT2D eigenvalue weighted by Crippen LogP contribution is 2.23. The van der Waals surface area contributed by atoms with E-state index in [9.17, 15) is 9.90 Å². The molecule has 0 bridgehead atoms. The quantitative estimate of drug-likeness (QED) is 0.724. The second-order valence-corrected chi connectivity index (χ2v) is 5.95. The predicted octanol–water partition coefficient (Wildman–Crippen LogP) is 3.69. The van der Waals surface area contributed by atoms with Crippen LogP contribution in [0.1, 0.15) is 15.9 Å². The maximum Gasteiger partial charge on any atom is 0.252 e. The molecule has 3 aromatic carbocycles. The lowest BCUT2D eigenvalue weighted by atomic mass is 9.98. The first-order valence-electron chi connectivity index (χ1n) is 8.38. The highest BCUT2D eigenvalue weighted by Gasteiger charge is 2.16. The molecule has 3 heteroatoms. The van der Waals surface area contributed by atoms with Crippen LogP contribution in [0, 0.1) is 0 Å². The molecule has 0 fully saturated rings. The maximum absolute atomic E-state index is 12.8. The molecule has 0 saturated carbocycles. The van der Waals surface area contributed by atoms with Crippen LogP contribution in [-0.2, 0) is 6.42 Å². The van der Waals surface area contributed by atoms with Crippen molar-refractivity contribution in [1.29, 1.82) is 0 Å². The van der Waals surface area contributed by atoms with Gasteiger partial charge in [-0.15, -0.1) is 0 Å². The highest BCUT2D eigenvalue weighted by atomic mass is 16.3. The van der Waals surface area contributed by atoms with Gasteiger partial charge in [0.2, 0.25) is 0 Å². The molecule has 1 atom stereocenters. The first-order chi connectivity index (χ1) is 12.3. The number of aliphatic hydroxyl groups is 1. The zero-order valence-corrected chi connectivity index (χ0v) is 13.9. The van der Waals surface area contributed by atoms with E-state index in [1.807, 2.05) is 84.9 Å². The van der Waals surface area contributed by atoms with E-state index >= 15 is 0 Å². The van der Waals surface area contributed by atoms with Crippen molar-refractivity contribution < 1.29 is 9.90 Å². The minimum absolute atomic E-state index is 0.103. The van der Waals surface area contributed by atoms with E-state index in [1.165, 1.54) is 0 Å². The highest BCUT2D eigenvalue weighted by molar-refractivity contribution is 6.01. The normalized spacial score (nSPS) is 11.7. The molecule has 0 aliphatic heterocycles. The molecule has 0 spiro atoms. The number of hydrogen-bond donors (Lipinski definition) is 2. The lowest BCUT2D eigenvalue weighted by Gasteiger charge is -2.18. The molecule has 0 aromatic heterocycles. The Morgan fingerprint density at radius 2 is 1.44 bits per heavy atom. The Hall–Kier alpha value is -2.91. The van der Waals surface area contributed by atoms with Gasteiger partial charge in [0.25, 0.3) is 5.91 Å². The number of aliphatic hydroxyl groups excluding tert-OH is 1. The largest absolute Gasteiger partial charge is 0.394 e. The van der Waals surface area contributed by atoms with Crippen molar-refractivity contribution in [3.8, 4) is 11.1 Å². The summed E-state index contributed by atoms with van der Waals surface area (Å²) in [5.41, 5.74) is 3.58. The average molecular weight is 331 g/mol. The minimum atomic E-state index is -0.321. The van der Waals surface area contributed by atoms with E-state index in [1.54, 1.807) is 0 Å². The Labute approximate surface area is 148 Å². The number of carbonyl (C=O) groups excluding carboxylic acids is 1. The molecule has 0 aliphatic carbocycles. The van der Waals surface area contributed by atoms with E-state index in [4.69, 9.17) is 0 Å². The lowest BCUT2D eigenvalue weighted by molar-refractivity contribution is 0.0917. The number of rotatable bonds is 6. The van der Waals surface area contributed by atoms with Gasteiger partial charge in [-0.2, -0.15) is 0 Å². The fourth-order valence-corrected chi connectivity index (χ4v) is 2.87. The van der Waals surface area contributed by atoms with Crippen LogP contribution in [0.5, 0.6) is 0 Å². The average Bonchev–Trinajstić information content (AvgIpc) is 2.69. The van der Waals surface area contributed by atoms with Crippen molar-refractivity contribution in [3.63, 3.8) is 0 Å². The van der Waals surface area contributed by atoms with Gasteiger partial charge in [-0.1, -0.05) is 78.9 Å². The van der Waals surface area contributed by atoms with Crippen LogP contribution in [0.15, 0.2) is 84.9 Å². The van der Waals surface area contributed by atoms with Crippen molar-refractivity contribution in [3.05, 3.63) is 96.1 Å². The number of carbonyl (C=O) groups is 1. The molecule has 1 amide bonds. The molecule has 126 valence electrons. The number of amides is 1. The lowest BCUT2D eigenvalue weighted by Crippen LogP contribution is -2.39. The van der Waals surface area contributed by atoms with Crippen LogP contribution in [-0.4, -0.2) is 23.7 Å². The molecule has 0 radical (unpaired) electrons. The molecule has 1 unspecified atom stereocenters. The Kier molecular flexibility index (Phi) is 5.60. The molecule has 3 aromatic rings. The van der Waals surface area contributed by atoms with Crippen LogP contribution >= 0.6 is 0 Å². The summed E-state index contributed by atoms with van der Waals surface area (Å²) < 4.78 is 0. The summed E-state index contributed by atoms with van der Waals surface area (Å²) in [4.78, 5) is 12.8. The van der Waals surface area contributed by atoms with Gasteiger partial charge in [0.05, 0.1) is 12.6 Å². The minimum Gasteiger partial charge on any atom is -0.394 e. The monoisotopic (exact) mass is 331 g/mol. The number of hydrogen-bond acceptors (Lipinski definition) is 2. The van der Waals surface area contributed by atoms with E-state index in [0.717, 1.165) is 16.7 Å². The molecular weight excluding hydrogens is 310 g/mol. The molecule has 0 heterocycles. The SMILES string of the molecule is O=C(NC(CO)Cc1ccccc1)c1ccccc1-c1ccccc1. The van der Waals surface area contributed by atoms with Crippen LogP contribution in [0.2, 0.25) is 0 Å². The first kappa shape index (κ1) is 16.9. The predicted molar refractivity (Wildman–Crippen MR) is 100 cm³/mol. The van der Waals surface area contributed by atoms with Gasteiger partial charge in [-0.05, 0) is 29.2 Å².